The van der Waals surface area contributed by atoms with Crippen molar-refractivity contribution in [2.75, 3.05) is 13.6 Å². The molecule has 0 radical (unpaired) electrons. The molecular weight excluding hydrogens is 280 g/mol. The third kappa shape index (κ3) is 2.11. The van der Waals surface area contributed by atoms with Crippen LogP contribution < -0.4 is 0 Å². The molecule has 2 nitrogen and oxygen atoms in total. The molecule has 5 rings (SSSR count). The molecule has 1 aromatic carbocycles. The van der Waals surface area contributed by atoms with Crippen molar-refractivity contribution in [2.24, 2.45) is 0 Å². The van der Waals surface area contributed by atoms with Gasteiger partial charge in [-0.1, -0.05) is 25.3 Å². The Kier molecular flexibility index (Phi) is 3.29. The van der Waals surface area contributed by atoms with Gasteiger partial charge < -0.3 is 4.57 Å². The molecule has 0 amide bonds. The van der Waals surface area contributed by atoms with E-state index in [0.717, 1.165) is 5.92 Å². The molecule has 1 aliphatic heterocycles. The number of aryl methyl sites for hydroxylation is 1. The summed E-state index contributed by atoms with van der Waals surface area (Å²) in [5.41, 5.74) is 6.46. The standard InChI is InChI=1S/C21H28N2/c1-22-12-13-23-19-11-10-16(15-6-3-2-4-7-15)14-18(19)17-8-5-9-20(22)21(17)23/h10-11,14-15,20H,2-9,12-13H2,1H3/t20-/m1/s1. The second-order valence-electron chi connectivity index (χ2n) is 8.02. The Morgan fingerprint density at radius 2 is 1.83 bits per heavy atom. The summed E-state index contributed by atoms with van der Waals surface area (Å²) in [7, 11) is 2.31. The summed E-state index contributed by atoms with van der Waals surface area (Å²) in [5, 5.41) is 1.59. The largest absolute Gasteiger partial charge is 0.342 e. The third-order valence-corrected chi connectivity index (χ3v) is 6.74. The molecule has 122 valence electrons. The smallest absolute Gasteiger partial charge is 0.0501 e. The summed E-state index contributed by atoms with van der Waals surface area (Å²) >= 11 is 0. The first-order chi connectivity index (χ1) is 11.3. The molecule has 2 aromatic rings. The van der Waals surface area contributed by atoms with Crippen molar-refractivity contribution in [1.82, 2.24) is 9.47 Å². The fourth-order valence-corrected chi connectivity index (χ4v) is 5.49. The van der Waals surface area contributed by atoms with Crippen LogP contribution in [0, 0.1) is 0 Å². The lowest BCUT2D eigenvalue weighted by molar-refractivity contribution is 0.178. The van der Waals surface area contributed by atoms with Gasteiger partial charge in [0.2, 0.25) is 0 Å². The van der Waals surface area contributed by atoms with Gasteiger partial charge in [-0.25, -0.2) is 0 Å². The van der Waals surface area contributed by atoms with Gasteiger partial charge in [-0.05, 0) is 68.3 Å². The zero-order valence-electron chi connectivity index (χ0n) is 14.4. The van der Waals surface area contributed by atoms with Gasteiger partial charge in [-0.2, -0.15) is 0 Å². The van der Waals surface area contributed by atoms with E-state index in [-0.39, 0.29) is 0 Å². The number of benzene rings is 1. The van der Waals surface area contributed by atoms with E-state index >= 15 is 0 Å². The fourth-order valence-electron chi connectivity index (χ4n) is 5.49. The maximum atomic E-state index is 2.65. The molecule has 0 saturated heterocycles. The molecule has 1 saturated carbocycles. The Bertz CT molecular complexity index is 736. The van der Waals surface area contributed by atoms with Crippen LogP contribution in [-0.4, -0.2) is 23.1 Å². The summed E-state index contributed by atoms with van der Waals surface area (Å²) in [4.78, 5) is 2.58. The molecule has 0 N–H and O–H groups in total. The second kappa shape index (κ2) is 5.37. The molecule has 2 heterocycles. The maximum absolute atomic E-state index is 2.65. The summed E-state index contributed by atoms with van der Waals surface area (Å²) < 4.78 is 2.65. The summed E-state index contributed by atoms with van der Waals surface area (Å²) in [5.74, 6) is 0.819. The fraction of sp³-hybridized carbons (Fsp3) is 0.619. The van der Waals surface area contributed by atoms with Gasteiger partial charge in [-0.3, -0.25) is 4.90 Å². The molecule has 2 aliphatic carbocycles. The maximum Gasteiger partial charge on any atom is 0.0501 e. The van der Waals surface area contributed by atoms with Crippen molar-refractivity contribution in [3.63, 3.8) is 0 Å². The molecule has 2 heteroatoms. The number of rotatable bonds is 1. The lowest BCUT2D eigenvalue weighted by atomic mass is 9.83. The number of aromatic nitrogens is 1. The Morgan fingerprint density at radius 1 is 0.957 bits per heavy atom. The zero-order valence-corrected chi connectivity index (χ0v) is 14.4. The van der Waals surface area contributed by atoms with Gasteiger partial charge >= 0.3 is 0 Å². The average Bonchev–Trinajstić information content (AvgIpc) is 2.94. The Hall–Kier alpha value is -1.28. The molecule has 0 spiro atoms. The van der Waals surface area contributed by atoms with Crippen LogP contribution in [0.4, 0.5) is 0 Å². The van der Waals surface area contributed by atoms with E-state index in [1.165, 1.54) is 70.0 Å². The highest BCUT2D eigenvalue weighted by Crippen LogP contribution is 2.43. The van der Waals surface area contributed by atoms with Crippen LogP contribution in [0.1, 0.15) is 73.7 Å². The lowest BCUT2D eigenvalue weighted by Gasteiger charge is -2.37. The normalized spacial score (nSPS) is 25.7. The van der Waals surface area contributed by atoms with E-state index in [4.69, 9.17) is 0 Å². The van der Waals surface area contributed by atoms with Crippen molar-refractivity contribution < 1.29 is 0 Å². The van der Waals surface area contributed by atoms with Gasteiger partial charge in [0.25, 0.3) is 0 Å². The number of nitrogens with zero attached hydrogens (tertiary/aromatic N) is 2. The SMILES string of the molecule is CN1CCn2c3c(c4cc(C5CCCCC5)ccc42)CCC[C@H]31. The Balaban J connectivity index is 1.66. The van der Waals surface area contributed by atoms with E-state index in [1.54, 1.807) is 22.2 Å². The quantitative estimate of drug-likeness (QED) is 0.719. The monoisotopic (exact) mass is 308 g/mol. The average molecular weight is 308 g/mol. The molecular formula is C21H28N2. The topological polar surface area (TPSA) is 8.17 Å². The minimum Gasteiger partial charge on any atom is -0.342 e. The van der Waals surface area contributed by atoms with E-state index in [2.05, 4.69) is 34.7 Å². The van der Waals surface area contributed by atoms with Gasteiger partial charge in [0.1, 0.15) is 0 Å². The van der Waals surface area contributed by atoms with E-state index in [9.17, 15) is 0 Å². The van der Waals surface area contributed by atoms with Crippen LogP contribution >= 0.6 is 0 Å². The number of hydrogen-bond acceptors (Lipinski definition) is 1. The summed E-state index contributed by atoms with van der Waals surface area (Å²) in [6.45, 7) is 2.37. The molecule has 1 fully saturated rings. The molecule has 3 aliphatic rings. The second-order valence-corrected chi connectivity index (χ2v) is 8.02. The van der Waals surface area contributed by atoms with Crippen LogP contribution in [0.25, 0.3) is 10.9 Å². The van der Waals surface area contributed by atoms with Gasteiger partial charge in [0.05, 0.1) is 6.04 Å². The van der Waals surface area contributed by atoms with Gasteiger partial charge in [0, 0.05) is 29.7 Å². The molecule has 0 bridgehead atoms. The Labute approximate surface area is 139 Å². The minimum absolute atomic E-state index is 0.665. The minimum atomic E-state index is 0.665. The Morgan fingerprint density at radius 3 is 2.70 bits per heavy atom. The number of fused-ring (bicyclic) bond motifs is 3. The zero-order chi connectivity index (χ0) is 15.4. The third-order valence-electron chi connectivity index (χ3n) is 6.74. The first-order valence-electron chi connectivity index (χ1n) is 9.68. The van der Waals surface area contributed by atoms with Crippen LogP contribution in [0.15, 0.2) is 18.2 Å². The lowest BCUT2D eigenvalue weighted by Crippen LogP contribution is -2.36. The van der Waals surface area contributed by atoms with E-state index in [0.29, 0.717) is 6.04 Å². The summed E-state index contributed by atoms with van der Waals surface area (Å²) in [6.07, 6.45) is 11.1. The highest BCUT2D eigenvalue weighted by atomic mass is 15.2. The van der Waals surface area contributed by atoms with E-state index in [1.807, 2.05) is 0 Å². The summed E-state index contributed by atoms with van der Waals surface area (Å²) in [6, 6.07) is 8.13. The number of hydrogen-bond donors (Lipinski definition) is 0. The van der Waals surface area contributed by atoms with Crippen molar-refractivity contribution in [2.45, 2.75) is 69.9 Å². The molecule has 1 atom stereocenters. The van der Waals surface area contributed by atoms with Crippen molar-refractivity contribution in [3.05, 3.63) is 35.0 Å². The van der Waals surface area contributed by atoms with Crippen LogP contribution in [-0.2, 0) is 13.0 Å². The first-order valence-corrected chi connectivity index (χ1v) is 9.68. The van der Waals surface area contributed by atoms with Crippen molar-refractivity contribution in [1.29, 1.82) is 0 Å². The first kappa shape index (κ1) is 14.1. The predicted molar refractivity (Wildman–Crippen MR) is 96.1 cm³/mol. The molecule has 0 unspecified atom stereocenters. The highest BCUT2D eigenvalue weighted by Gasteiger charge is 2.33. The van der Waals surface area contributed by atoms with Gasteiger partial charge in [-0.15, -0.1) is 0 Å². The highest BCUT2D eigenvalue weighted by molar-refractivity contribution is 5.87. The van der Waals surface area contributed by atoms with E-state index < -0.39 is 0 Å². The van der Waals surface area contributed by atoms with Crippen LogP contribution in [0.5, 0.6) is 0 Å². The number of likely N-dealkylation sites (N-methyl/N-ethyl adjacent to an activating group) is 1. The van der Waals surface area contributed by atoms with Crippen molar-refractivity contribution >= 4 is 10.9 Å². The van der Waals surface area contributed by atoms with Crippen molar-refractivity contribution in [3.8, 4) is 0 Å². The predicted octanol–water partition coefficient (Wildman–Crippen LogP) is 5.01. The van der Waals surface area contributed by atoms with Crippen LogP contribution in [0.3, 0.4) is 0 Å². The molecule has 1 aromatic heterocycles. The molecule has 23 heavy (non-hydrogen) atoms. The van der Waals surface area contributed by atoms with Crippen LogP contribution in [0.2, 0.25) is 0 Å². The van der Waals surface area contributed by atoms with Gasteiger partial charge in [0.15, 0.2) is 0 Å².